The van der Waals surface area contributed by atoms with Crippen molar-refractivity contribution < 1.29 is 4.79 Å². The first-order valence-electron chi connectivity index (χ1n) is 7.40. The molecule has 3 rings (SSSR count). The number of para-hydroxylation sites is 1. The van der Waals surface area contributed by atoms with Gasteiger partial charge in [-0.1, -0.05) is 66.8 Å². The SMILES string of the molecule is CCc1ccccc1Nc1nc(N)c(C(=O)c2ccccc2)s1. The fourth-order valence-electron chi connectivity index (χ4n) is 2.33. The fraction of sp³-hybridized carbons (Fsp3) is 0.111. The van der Waals surface area contributed by atoms with Crippen molar-refractivity contribution in [2.75, 3.05) is 11.1 Å². The molecule has 23 heavy (non-hydrogen) atoms. The minimum atomic E-state index is -0.0996. The molecule has 0 fully saturated rings. The molecule has 1 heterocycles. The van der Waals surface area contributed by atoms with Crippen LogP contribution < -0.4 is 11.1 Å². The number of hydrogen-bond acceptors (Lipinski definition) is 5. The molecule has 0 amide bonds. The van der Waals surface area contributed by atoms with Crippen LogP contribution in [0.3, 0.4) is 0 Å². The Bertz CT molecular complexity index is 827. The Kier molecular flexibility index (Phi) is 4.39. The first-order valence-corrected chi connectivity index (χ1v) is 8.21. The summed E-state index contributed by atoms with van der Waals surface area (Å²) in [4.78, 5) is 17.3. The van der Waals surface area contributed by atoms with E-state index in [2.05, 4.69) is 23.3 Å². The summed E-state index contributed by atoms with van der Waals surface area (Å²) in [6.07, 6.45) is 0.917. The number of nitrogens with two attached hydrogens (primary N) is 1. The number of hydrogen-bond donors (Lipinski definition) is 2. The quantitative estimate of drug-likeness (QED) is 0.688. The van der Waals surface area contributed by atoms with Crippen LogP contribution in [-0.4, -0.2) is 10.8 Å². The summed E-state index contributed by atoms with van der Waals surface area (Å²) in [6, 6.07) is 17.1. The predicted molar refractivity (Wildman–Crippen MR) is 95.5 cm³/mol. The van der Waals surface area contributed by atoms with Crippen molar-refractivity contribution in [1.82, 2.24) is 4.98 Å². The second-order valence-corrected chi connectivity index (χ2v) is 6.06. The van der Waals surface area contributed by atoms with Crippen molar-refractivity contribution in [3.8, 4) is 0 Å². The van der Waals surface area contributed by atoms with Gasteiger partial charge in [-0.05, 0) is 18.1 Å². The maximum absolute atomic E-state index is 12.5. The van der Waals surface area contributed by atoms with E-state index < -0.39 is 0 Å². The van der Waals surface area contributed by atoms with Gasteiger partial charge in [0.05, 0.1) is 0 Å². The lowest BCUT2D eigenvalue weighted by molar-refractivity contribution is 0.104. The fourth-order valence-corrected chi connectivity index (χ4v) is 3.19. The van der Waals surface area contributed by atoms with Crippen molar-refractivity contribution in [2.24, 2.45) is 0 Å². The molecule has 0 spiro atoms. The summed E-state index contributed by atoms with van der Waals surface area (Å²) in [5.74, 6) is 0.165. The van der Waals surface area contributed by atoms with Crippen LogP contribution in [0.1, 0.15) is 27.7 Å². The summed E-state index contributed by atoms with van der Waals surface area (Å²) >= 11 is 1.28. The molecule has 0 saturated carbocycles. The lowest BCUT2D eigenvalue weighted by Crippen LogP contribution is -2.02. The van der Waals surface area contributed by atoms with Crippen LogP contribution in [0.2, 0.25) is 0 Å². The molecule has 0 unspecified atom stereocenters. The molecule has 3 aromatic rings. The van der Waals surface area contributed by atoms with Gasteiger partial charge in [0.15, 0.2) is 5.13 Å². The van der Waals surface area contributed by atoms with Gasteiger partial charge in [-0.25, -0.2) is 4.98 Å². The van der Waals surface area contributed by atoms with Crippen molar-refractivity contribution in [3.63, 3.8) is 0 Å². The number of thiazole rings is 1. The standard InChI is InChI=1S/C18H17N3OS/c1-2-12-8-6-7-11-14(12)20-18-21-17(19)16(23-18)15(22)13-9-4-3-5-10-13/h3-11H,2,19H2,1H3,(H,20,21). The molecule has 0 atom stereocenters. The van der Waals surface area contributed by atoms with E-state index >= 15 is 0 Å². The predicted octanol–water partition coefficient (Wildman–Crippen LogP) is 4.26. The zero-order valence-electron chi connectivity index (χ0n) is 12.7. The number of aryl methyl sites for hydroxylation is 1. The van der Waals surface area contributed by atoms with E-state index in [1.807, 2.05) is 36.4 Å². The van der Waals surface area contributed by atoms with Crippen LogP contribution in [0.15, 0.2) is 54.6 Å². The summed E-state index contributed by atoms with van der Waals surface area (Å²) in [5.41, 5.74) is 8.74. The number of benzene rings is 2. The van der Waals surface area contributed by atoms with Gasteiger partial charge in [-0.3, -0.25) is 4.79 Å². The van der Waals surface area contributed by atoms with Gasteiger partial charge in [0.25, 0.3) is 0 Å². The molecule has 3 N–H and O–H groups in total. The molecule has 0 aliphatic carbocycles. The molecule has 0 aliphatic rings. The minimum absolute atomic E-state index is 0.0996. The highest BCUT2D eigenvalue weighted by atomic mass is 32.1. The molecule has 1 aromatic heterocycles. The normalized spacial score (nSPS) is 10.5. The zero-order chi connectivity index (χ0) is 16.2. The number of nitrogens with zero attached hydrogens (tertiary/aromatic N) is 1. The lowest BCUT2D eigenvalue weighted by atomic mass is 10.1. The molecule has 2 aromatic carbocycles. The average molecular weight is 323 g/mol. The van der Waals surface area contributed by atoms with Gasteiger partial charge >= 0.3 is 0 Å². The molecule has 0 radical (unpaired) electrons. The molecule has 0 aliphatic heterocycles. The Morgan fingerprint density at radius 3 is 2.57 bits per heavy atom. The van der Waals surface area contributed by atoms with E-state index in [1.54, 1.807) is 12.1 Å². The first-order chi connectivity index (χ1) is 11.2. The van der Waals surface area contributed by atoms with Gasteiger partial charge in [0.2, 0.25) is 5.78 Å². The summed E-state index contributed by atoms with van der Waals surface area (Å²) in [6.45, 7) is 2.10. The third kappa shape index (κ3) is 3.24. The average Bonchev–Trinajstić information content (AvgIpc) is 2.96. The van der Waals surface area contributed by atoms with Crippen LogP contribution >= 0.6 is 11.3 Å². The molecule has 4 nitrogen and oxygen atoms in total. The highest BCUT2D eigenvalue weighted by molar-refractivity contribution is 7.18. The number of aromatic nitrogens is 1. The van der Waals surface area contributed by atoms with Crippen LogP contribution in [-0.2, 0) is 6.42 Å². The van der Waals surface area contributed by atoms with Gasteiger partial charge in [0.1, 0.15) is 10.7 Å². The minimum Gasteiger partial charge on any atom is -0.382 e. The monoisotopic (exact) mass is 323 g/mol. The van der Waals surface area contributed by atoms with Crippen molar-refractivity contribution in [2.45, 2.75) is 13.3 Å². The molecule has 116 valence electrons. The number of nitrogens with one attached hydrogen (secondary N) is 1. The van der Waals surface area contributed by atoms with Crippen molar-refractivity contribution in [3.05, 3.63) is 70.6 Å². The van der Waals surface area contributed by atoms with Crippen molar-refractivity contribution >= 4 is 33.8 Å². The van der Waals surface area contributed by atoms with E-state index in [0.29, 0.717) is 15.6 Å². The van der Waals surface area contributed by atoms with Gasteiger partial charge in [0, 0.05) is 11.3 Å². The second kappa shape index (κ2) is 6.62. The second-order valence-electron chi connectivity index (χ2n) is 5.06. The molecule has 0 saturated heterocycles. The van der Waals surface area contributed by atoms with E-state index in [4.69, 9.17) is 5.73 Å². The summed E-state index contributed by atoms with van der Waals surface area (Å²) in [7, 11) is 0. The number of anilines is 3. The number of nitrogen functional groups attached to an aromatic ring is 1. The van der Waals surface area contributed by atoms with Gasteiger partial charge in [-0.15, -0.1) is 0 Å². The topological polar surface area (TPSA) is 68.0 Å². The molecule has 0 bridgehead atoms. The van der Waals surface area contributed by atoms with Crippen LogP contribution in [0.4, 0.5) is 16.6 Å². The zero-order valence-corrected chi connectivity index (χ0v) is 13.6. The summed E-state index contributed by atoms with van der Waals surface area (Å²) < 4.78 is 0. The Morgan fingerprint density at radius 1 is 1.13 bits per heavy atom. The third-order valence-electron chi connectivity index (χ3n) is 3.54. The lowest BCUT2D eigenvalue weighted by Gasteiger charge is -2.07. The highest BCUT2D eigenvalue weighted by Gasteiger charge is 2.18. The number of carbonyl (C=O) groups is 1. The first kappa shape index (κ1) is 15.2. The van der Waals surface area contributed by atoms with Crippen molar-refractivity contribution in [1.29, 1.82) is 0 Å². The van der Waals surface area contributed by atoms with Crippen LogP contribution in [0, 0.1) is 0 Å². The highest BCUT2D eigenvalue weighted by Crippen LogP contribution is 2.30. The number of carbonyl (C=O) groups excluding carboxylic acids is 1. The Labute approximate surface area is 139 Å². The van der Waals surface area contributed by atoms with Gasteiger partial charge < -0.3 is 11.1 Å². The van der Waals surface area contributed by atoms with E-state index in [-0.39, 0.29) is 11.6 Å². The molecule has 5 heteroatoms. The van der Waals surface area contributed by atoms with Crippen LogP contribution in [0.5, 0.6) is 0 Å². The third-order valence-corrected chi connectivity index (χ3v) is 4.52. The largest absolute Gasteiger partial charge is 0.382 e. The molecular weight excluding hydrogens is 306 g/mol. The van der Waals surface area contributed by atoms with Crippen LogP contribution in [0.25, 0.3) is 0 Å². The van der Waals surface area contributed by atoms with E-state index in [1.165, 1.54) is 16.9 Å². The number of rotatable bonds is 5. The smallest absolute Gasteiger partial charge is 0.206 e. The van der Waals surface area contributed by atoms with E-state index in [0.717, 1.165) is 12.1 Å². The number of ketones is 1. The molecular formula is C18H17N3OS. The Morgan fingerprint density at radius 2 is 1.83 bits per heavy atom. The Hall–Kier alpha value is -2.66. The summed E-state index contributed by atoms with van der Waals surface area (Å²) in [5, 5.41) is 3.89. The maximum atomic E-state index is 12.5. The van der Waals surface area contributed by atoms with E-state index in [9.17, 15) is 4.79 Å². The maximum Gasteiger partial charge on any atom is 0.206 e. The van der Waals surface area contributed by atoms with Gasteiger partial charge in [-0.2, -0.15) is 0 Å². The Balaban J connectivity index is 1.88.